The number of esters is 2. The summed E-state index contributed by atoms with van der Waals surface area (Å²) >= 11 is 0. The van der Waals surface area contributed by atoms with Gasteiger partial charge < -0.3 is 18.9 Å². The van der Waals surface area contributed by atoms with Gasteiger partial charge in [0.25, 0.3) is 0 Å². The standard InChI is InChI=1S/C20H38O6/c1-8-11-18(25-12-19(6,9-2)10-3)26-15-20(7,13-23-16(4)21)14-24-17(5)22/h18H,8-15H2,1-7H3. The molecule has 0 spiro atoms. The molecule has 0 aromatic carbocycles. The van der Waals surface area contributed by atoms with E-state index in [9.17, 15) is 9.59 Å². The average molecular weight is 375 g/mol. The summed E-state index contributed by atoms with van der Waals surface area (Å²) in [6, 6.07) is 0. The molecular weight excluding hydrogens is 336 g/mol. The molecule has 0 aromatic rings. The Hall–Kier alpha value is -1.14. The molecule has 6 heteroatoms. The molecule has 0 amide bonds. The highest BCUT2D eigenvalue weighted by molar-refractivity contribution is 5.66. The van der Waals surface area contributed by atoms with E-state index in [0.29, 0.717) is 6.61 Å². The van der Waals surface area contributed by atoms with E-state index in [4.69, 9.17) is 18.9 Å². The average Bonchev–Trinajstić information content (AvgIpc) is 2.60. The fourth-order valence-electron chi connectivity index (χ4n) is 2.17. The zero-order chi connectivity index (χ0) is 20.2. The molecule has 0 saturated heterocycles. The molecule has 6 nitrogen and oxygen atoms in total. The lowest BCUT2D eigenvalue weighted by atomic mass is 9.86. The van der Waals surface area contributed by atoms with Crippen molar-refractivity contribution in [3.8, 4) is 0 Å². The molecule has 1 atom stereocenters. The number of ether oxygens (including phenoxy) is 4. The van der Waals surface area contributed by atoms with Crippen LogP contribution >= 0.6 is 0 Å². The Kier molecular flexibility index (Phi) is 11.7. The van der Waals surface area contributed by atoms with E-state index in [0.717, 1.165) is 25.7 Å². The van der Waals surface area contributed by atoms with Crippen LogP contribution in [0, 0.1) is 10.8 Å². The minimum Gasteiger partial charge on any atom is -0.465 e. The van der Waals surface area contributed by atoms with Crippen LogP contribution in [0.1, 0.15) is 74.1 Å². The van der Waals surface area contributed by atoms with Crippen LogP contribution in [0.3, 0.4) is 0 Å². The minimum atomic E-state index is -0.620. The van der Waals surface area contributed by atoms with Gasteiger partial charge in [-0.25, -0.2) is 0 Å². The number of carbonyl (C=O) groups is 2. The van der Waals surface area contributed by atoms with Crippen LogP contribution in [0.25, 0.3) is 0 Å². The van der Waals surface area contributed by atoms with E-state index in [-0.39, 0.29) is 43.5 Å². The second-order valence-corrected chi connectivity index (χ2v) is 7.73. The van der Waals surface area contributed by atoms with Gasteiger partial charge in [-0.15, -0.1) is 0 Å². The third-order valence-electron chi connectivity index (χ3n) is 4.71. The monoisotopic (exact) mass is 374 g/mol. The summed E-state index contributed by atoms with van der Waals surface area (Å²) < 4.78 is 22.3. The van der Waals surface area contributed by atoms with Crippen molar-refractivity contribution in [2.45, 2.75) is 80.4 Å². The Morgan fingerprint density at radius 2 is 1.19 bits per heavy atom. The van der Waals surface area contributed by atoms with Crippen LogP contribution in [0.2, 0.25) is 0 Å². The highest BCUT2D eigenvalue weighted by Gasteiger charge is 2.30. The second kappa shape index (κ2) is 12.3. The fraction of sp³-hybridized carbons (Fsp3) is 0.900. The first-order valence-electron chi connectivity index (χ1n) is 9.59. The van der Waals surface area contributed by atoms with Gasteiger partial charge in [0.05, 0.1) is 18.6 Å². The molecule has 0 heterocycles. The van der Waals surface area contributed by atoms with Gasteiger partial charge >= 0.3 is 11.9 Å². The molecule has 0 aromatic heterocycles. The first kappa shape index (κ1) is 24.9. The Morgan fingerprint density at radius 1 is 0.769 bits per heavy atom. The third kappa shape index (κ3) is 10.8. The van der Waals surface area contributed by atoms with Gasteiger partial charge in [-0.3, -0.25) is 9.59 Å². The number of hydrogen-bond donors (Lipinski definition) is 0. The molecule has 154 valence electrons. The first-order chi connectivity index (χ1) is 12.1. The Balaban J connectivity index is 4.81. The zero-order valence-corrected chi connectivity index (χ0v) is 17.7. The predicted molar refractivity (Wildman–Crippen MR) is 101 cm³/mol. The van der Waals surface area contributed by atoms with Crippen molar-refractivity contribution in [3.63, 3.8) is 0 Å². The van der Waals surface area contributed by atoms with E-state index < -0.39 is 5.41 Å². The molecule has 0 fully saturated rings. The van der Waals surface area contributed by atoms with Crippen molar-refractivity contribution >= 4 is 11.9 Å². The van der Waals surface area contributed by atoms with Crippen molar-refractivity contribution in [1.29, 1.82) is 0 Å². The summed E-state index contributed by atoms with van der Waals surface area (Å²) in [5, 5.41) is 0. The summed E-state index contributed by atoms with van der Waals surface area (Å²) in [5.41, 5.74) is -0.486. The highest BCUT2D eigenvalue weighted by atomic mass is 16.7. The van der Waals surface area contributed by atoms with E-state index >= 15 is 0 Å². The van der Waals surface area contributed by atoms with Crippen LogP contribution in [0.15, 0.2) is 0 Å². The third-order valence-corrected chi connectivity index (χ3v) is 4.71. The van der Waals surface area contributed by atoms with Crippen molar-refractivity contribution in [2.24, 2.45) is 10.8 Å². The number of hydrogen-bond acceptors (Lipinski definition) is 6. The summed E-state index contributed by atoms with van der Waals surface area (Å²) in [5.74, 6) is -0.746. The largest absolute Gasteiger partial charge is 0.465 e. The maximum Gasteiger partial charge on any atom is 0.302 e. The van der Waals surface area contributed by atoms with Crippen LogP contribution < -0.4 is 0 Å². The maximum atomic E-state index is 11.2. The van der Waals surface area contributed by atoms with Crippen molar-refractivity contribution < 1.29 is 28.5 Å². The summed E-state index contributed by atoms with van der Waals surface area (Å²) in [6.07, 6.45) is 3.47. The van der Waals surface area contributed by atoms with Gasteiger partial charge in [0, 0.05) is 13.8 Å². The quantitative estimate of drug-likeness (QED) is 0.337. The van der Waals surface area contributed by atoms with E-state index in [1.165, 1.54) is 13.8 Å². The number of rotatable bonds is 14. The summed E-state index contributed by atoms with van der Waals surface area (Å²) in [7, 11) is 0. The smallest absolute Gasteiger partial charge is 0.302 e. The fourth-order valence-corrected chi connectivity index (χ4v) is 2.17. The van der Waals surface area contributed by atoms with Crippen LogP contribution in [-0.2, 0) is 28.5 Å². The molecular formula is C20H38O6. The Labute approximate surface area is 158 Å². The number of carbonyl (C=O) groups excluding carboxylic acids is 2. The van der Waals surface area contributed by atoms with Crippen LogP contribution in [0.4, 0.5) is 0 Å². The maximum absolute atomic E-state index is 11.2. The van der Waals surface area contributed by atoms with Gasteiger partial charge in [0.2, 0.25) is 0 Å². The topological polar surface area (TPSA) is 71.1 Å². The summed E-state index contributed by atoms with van der Waals surface area (Å²) in [6.45, 7) is 14.3. The summed E-state index contributed by atoms with van der Waals surface area (Å²) in [4.78, 5) is 22.3. The zero-order valence-electron chi connectivity index (χ0n) is 17.7. The molecule has 0 saturated carbocycles. The molecule has 0 radical (unpaired) electrons. The van der Waals surface area contributed by atoms with Crippen LogP contribution in [-0.4, -0.2) is 44.7 Å². The van der Waals surface area contributed by atoms with E-state index in [2.05, 4.69) is 27.7 Å². The van der Waals surface area contributed by atoms with Crippen LogP contribution in [0.5, 0.6) is 0 Å². The van der Waals surface area contributed by atoms with Gasteiger partial charge in [0.15, 0.2) is 6.29 Å². The molecule has 0 rings (SSSR count). The minimum absolute atomic E-state index is 0.121. The first-order valence-corrected chi connectivity index (χ1v) is 9.59. The Morgan fingerprint density at radius 3 is 1.54 bits per heavy atom. The second-order valence-electron chi connectivity index (χ2n) is 7.73. The SMILES string of the molecule is CCCC(OCC(C)(CC)CC)OCC(C)(COC(C)=O)COC(C)=O. The molecule has 1 unspecified atom stereocenters. The lowest BCUT2D eigenvalue weighted by Gasteiger charge is -2.32. The molecule has 0 aliphatic heterocycles. The molecule has 0 aliphatic rings. The molecule has 0 bridgehead atoms. The van der Waals surface area contributed by atoms with Gasteiger partial charge in [-0.05, 0) is 24.7 Å². The van der Waals surface area contributed by atoms with Gasteiger partial charge in [0.1, 0.15) is 13.2 Å². The van der Waals surface area contributed by atoms with Crippen molar-refractivity contribution in [3.05, 3.63) is 0 Å². The lowest BCUT2D eigenvalue weighted by Crippen LogP contribution is -2.38. The molecule has 26 heavy (non-hydrogen) atoms. The molecule has 0 aliphatic carbocycles. The van der Waals surface area contributed by atoms with E-state index in [1.54, 1.807) is 0 Å². The predicted octanol–water partition coefficient (Wildman–Crippen LogP) is 4.10. The molecule has 0 N–H and O–H groups in total. The van der Waals surface area contributed by atoms with Gasteiger partial charge in [-0.1, -0.05) is 41.0 Å². The Bertz CT molecular complexity index is 399. The van der Waals surface area contributed by atoms with E-state index in [1.807, 2.05) is 6.92 Å². The lowest BCUT2D eigenvalue weighted by molar-refractivity contribution is -0.190. The highest BCUT2D eigenvalue weighted by Crippen LogP contribution is 2.27. The van der Waals surface area contributed by atoms with Crippen molar-refractivity contribution in [1.82, 2.24) is 0 Å². The van der Waals surface area contributed by atoms with Gasteiger partial charge in [-0.2, -0.15) is 0 Å². The van der Waals surface area contributed by atoms with Crippen molar-refractivity contribution in [2.75, 3.05) is 26.4 Å². The normalized spacial score (nSPS) is 13.3.